The number of hydrogen-bond acceptors (Lipinski definition) is 2. The van der Waals surface area contributed by atoms with Crippen LogP contribution in [0.1, 0.15) is 25.7 Å². The van der Waals surface area contributed by atoms with E-state index in [9.17, 15) is 5.11 Å². The maximum Gasteiger partial charge on any atom is 0.0564 e. The van der Waals surface area contributed by atoms with Crippen molar-refractivity contribution in [3.63, 3.8) is 0 Å². The minimum absolute atomic E-state index is 0.0361. The fourth-order valence-electron chi connectivity index (χ4n) is 1.48. The summed E-state index contributed by atoms with van der Waals surface area (Å²) >= 11 is 0. The van der Waals surface area contributed by atoms with Gasteiger partial charge in [-0.1, -0.05) is 6.42 Å². The molecule has 2 heteroatoms. The lowest BCUT2D eigenvalue weighted by molar-refractivity contribution is 0.0822. The lowest BCUT2D eigenvalue weighted by atomic mass is 10.1. The molecule has 0 spiro atoms. The van der Waals surface area contributed by atoms with Crippen molar-refractivity contribution in [1.82, 2.24) is 4.90 Å². The largest absolute Gasteiger partial charge is 0.393 e. The first-order chi connectivity index (χ1) is 5.33. The van der Waals surface area contributed by atoms with Gasteiger partial charge in [0.15, 0.2) is 0 Å². The summed E-state index contributed by atoms with van der Waals surface area (Å²) in [7, 11) is 0. The molecule has 2 nitrogen and oxygen atoms in total. The Balaban J connectivity index is 2.07. The maximum absolute atomic E-state index is 9.21. The van der Waals surface area contributed by atoms with Crippen LogP contribution >= 0.6 is 0 Å². The summed E-state index contributed by atoms with van der Waals surface area (Å²) in [6, 6.07) is 0. The van der Waals surface area contributed by atoms with Crippen LogP contribution in [0.3, 0.4) is 0 Å². The van der Waals surface area contributed by atoms with Gasteiger partial charge in [-0.05, 0) is 19.4 Å². The molecule has 1 N–H and O–H groups in total. The molecule has 1 aliphatic rings. The van der Waals surface area contributed by atoms with Crippen LogP contribution < -0.4 is 0 Å². The van der Waals surface area contributed by atoms with E-state index in [0.29, 0.717) is 0 Å². The van der Waals surface area contributed by atoms with Crippen LogP contribution in [0, 0.1) is 6.92 Å². The van der Waals surface area contributed by atoms with Crippen molar-refractivity contribution >= 4 is 0 Å². The normalized spacial score (nSPS) is 22.4. The first kappa shape index (κ1) is 9.01. The summed E-state index contributed by atoms with van der Waals surface area (Å²) in [6.45, 7) is 7.11. The number of aliphatic hydroxyl groups excluding tert-OH is 1. The molecule has 1 rings (SSSR count). The van der Waals surface area contributed by atoms with Crippen LogP contribution in [-0.2, 0) is 0 Å². The van der Waals surface area contributed by atoms with Crippen LogP contribution in [-0.4, -0.2) is 35.7 Å². The fraction of sp³-hybridized carbons (Fsp3) is 0.889. The molecule has 0 aliphatic carbocycles. The second kappa shape index (κ2) is 4.73. The highest BCUT2D eigenvalue weighted by Gasteiger charge is 2.15. The topological polar surface area (TPSA) is 23.5 Å². The van der Waals surface area contributed by atoms with Crippen LogP contribution in [0.5, 0.6) is 0 Å². The molecule has 66 valence electrons. The van der Waals surface area contributed by atoms with E-state index in [1.165, 1.54) is 6.42 Å². The molecule has 1 aliphatic heterocycles. The van der Waals surface area contributed by atoms with Crippen LogP contribution in [0.25, 0.3) is 0 Å². The highest BCUT2D eigenvalue weighted by atomic mass is 16.3. The monoisotopic (exact) mass is 156 g/mol. The van der Waals surface area contributed by atoms with E-state index in [-0.39, 0.29) is 6.10 Å². The van der Waals surface area contributed by atoms with E-state index in [2.05, 4.69) is 11.8 Å². The Hall–Kier alpha value is -0.0800. The molecular formula is C9H18NO-. The minimum atomic E-state index is -0.0361. The van der Waals surface area contributed by atoms with Gasteiger partial charge in [0.25, 0.3) is 0 Å². The van der Waals surface area contributed by atoms with Gasteiger partial charge in [0, 0.05) is 13.1 Å². The van der Waals surface area contributed by atoms with Gasteiger partial charge in [-0.2, -0.15) is 6.42 Å². The van der Waals surface area contributed by atoms with Crippen molar-refractivity contribution in [3.8, 4) is 0 Å². The van der Waals surface area contributed by atoms with E-state index in [0.717, 1.165) is 38.9 Å². The Kier molecular flexibility index (Phi) is 3.87. The first-order valence-electron chi connectivity index (χ1n) is 4.52. The van der Waals surface area contributed by atoms with Crippen molar-refractivity contribution in [3.05, 3.63) is 6.92 Å². The van der Waals surface area contributed by atoms with Gasteiger partial charge in [0.2, 0.25) is 0 Å². The smallest absolute Gasteiger partial charge is 0.0564 e. The SMILES string of the molecule is [CH2-]CCCN1CCC(O)CC1. The molecule has 1 fully saturated rings. The van der Waals surface area contributed by atoms with Gasteiger partial charge in [-0.3, -0.25) is 0 Å². The first-order valence-corrected chi connectivity index (χ1v) is 4.52. The summed E-state index contributed by atoms with van der Waals surface area (Å²) in [5.41, 5.74) is 0. The van der Waals surface area contributed by atoms with Crippen molar-refractivity contribution in [1.29, 1.82) is 0 Å². The molecule has 0 aromatic heterocycles. The zero-order chi connectivity index (χ0) is 8.10. The van der Waals surface area contributed by atoms with E-state index in [1.54, 1.807) is 0 Å². The number of piperidine rings is 1. The highest BCUT2D eigenvalue weighted by molar-refractivity contribution is 4.70. The second-order valence-corrected chi connectivity index (χ2v) is 3.28. The van der Waals surface area contributed by atoms with Gasteiger partial charge in [-0.15, -0.1) is 0 Å². The summed E-state index contributed by atoms with van der Waals surface area (Å²) in [5.74, 6) is 0. The molecule has 0 unspecified atom stereocenters. The minimum Gasteiger partial charge on any atom is -0.393 e. The van der Waals surface area contributed by atoms with Gasteiger partial charge in [0.1, 0.15) is 0 Å². The molecular weight excluding hydrogens is 138 g/mol. The average Bonchev–Trinajstić information content (AvgIpc) is 2.04. The van der Waals surface area contributed by atoms with Crippen LogP contribution in [0.2, 0.25) is 0 Å². The summed E-state index contributed by atoms with van der Waals surface area (Å²) in [5, 5.41) is 9.21. The van der Waals surface area contributed by atoms with E-state index in [4.69, 9.17) is 0 Å². The van der Waals surface area contributed by atoms with Crippen molar-refractivity contribution < 1.29 is 5.11 Å². The quantitative estimate of drug-likeness (QED) is 0.618. The predicted molar refractivity (Wildman–Crippen MR) is 46.3 cm³/mol. The average molecular weight is 156 g/mol. The van der Waals surface area contributed by atoms with Gasteiger partial charge < -0.3 is 16.9 Å². The molecule has 0 atom stereocenters. The number of rotatable bonds is 3. The van der Waals surface area contributed by atoms with E-state index < -0.39 is 0 Å². The van der Waals surface area contributed by atoms with Gasteiger partial charge in [-0.25, -0.2) is 0 Å². The Morgan fingerprint density at radius 3 is 2.55 bits per heavy atom. The van der Waals surface area contributed by atoms with Crippen LogP contribution in [0.15, 0.2) is 0 Å². The third kappa shape index (κ3) is 3.21. The summed E-state index contributed by atoms with van der Waals surface area (Å²) in [4.78, 5) is 2.41. The predicted octanol–water partition coefficient (Wildman–Crippen LogP) is 1.06. The summed E-state index contributed by atoms with van der Waals surface area (Å²) in [6.07, 6.45) is 4.09. The van der Waals surface area contributed by atoms with E-state index >= 15 is 0 Å². The molecule has 0 aromatic rings. The molecule has 0 saturated carbocycles. The number of nitrogens with zero attached hydrogens (tertiary/aromatic N) is 1. The molecule has 0 amide bonds. The zero-order valence-corrected chi connectivity index (χ0v) is 7.13. The Morgan fingerprint density at radius 1 is 1.36 bits per heavy atom. The Morgan fingerprint density at radius 2 is 2.00 bits per heavy atom. The van der Waals surface area contributed by atoms with Crippen molar-refractivity contribution in [2.75, 3.05) is 19.6 Å². The third-order valence-electron chi connectivity index (χ3n) is 2.28. The molecule has 1 saturated heterocycles. The number of unbranched alkanes of at least 4 members (excludes halogenated alkanes) is 1. The van der Waals surface area contributed by atoms with Crippen LogP contribution in [0.4, 0.5) is 0 Å². The maximum atomic E-state index is 9.21. The molecule has 1 heterocycles. The zero-order valence-electron chi connectivity index (χ0n) is 7.13. The second-order valence-electron chi connectivity index (χ2n) is 3.28. The molecule has 11 heavy (non-hydrogen) atoms. The molecule has 0 radical (unpaired) electrons. The highest BCUT2D eigenvalue weighted by Crippen LogP contribution is 2.09. The number of aliphatic hydroxyl groups is 1. The molecule has 0 bridgehead atoms. The fourth-order valence-corrected chi connectivity index (χ4v) is 1.48. The van der Waals surface area contributed by atoms with E-state index in [1.807, 2.05) is 0 Å². The number of likely N-dealkylation sites (tertiary alicyclic amines) is 1. The van der Waals surface area contributed by atoms with Gasteiger partial charge >= 0.3 is 0 Å². The molecule has 0 aromatic carbocycles. The summed E-state index contributed by atoms with van der Waals surface area (Å²) < 4.78 is 0. The third-order valence-corrected chi connectivity index (χ3v) is 2.28. The standard InChI is InChI=1S/C9H18NO/c1-2-3-6-10-7-4-9(11)5-8-10/h9,11H,1-8H2/q-1. The Bertz CT molecular complexity index is 95.0. The van der Waals surface area contributed by atoms with Crippen molar-refractivity contribution in [2.24, 2.45) is 0 Å². The number of hydrogen-bond donors (Lipinski definition) is 1. The Labute approximate surface area is 69.2 Å². The van der Waals surface area contributed by atoms with Crippen molar-refractivity contribution in [2.45, 2.75) is 31.8 Å². The lowest BCUT2D eigenvalue weighted by Crippen LogP contribution is -2.36. The van der Waals surface area contributed by atoms with Gasteiger partial charge in [0.05, 0.1) is 6.10 Å². The lowest BCUT2D eigenvalue weighted by Gasteiger charge is -2.29.